The molecule has 0 unspecified atom stereocenters. The number of hydrogen-bond donors (Lipinski definition) is 0. The van der Waals surface area contributed by atoms with Gasteiger partial charge in [-0.25, -0.2) is 0 Å². The van der Waals surface area contributed by atoms with E-state index in [1.807, 2.05) is 24.3 Å². The standard InChI is InChI=1S/C20H31NO4/c1-4-7-8-13-21(14-12-20(23)24-6-3)19(22)16-25-18-11-9-10-17(5-2)15-18/h9-11,15H,4-8,12-14,16H2,1-3H3. The number of unbranched alkanes of at least 4 members (excludes halogenated alkanes) is 2. The molecule has 25 heavy (non-hydrogen) atoms. The maximum atomic E-state index is 12.5. The van der Waals surface area contributed by atoms with Crippen molar-refractivity contribution in [1.29, 1.82) is 0 Å². The van der Waals surface area contributed by atoms with E-state index in [4.69, 9.17) is 9.47 Å². The van der Waals surface area contributed by atoms with Crippen molar-refractivity contribution in [2.24, 2.45) is 0 Å². The number of hydrogen-bond acceptors (Lipinski definition) is 4. The number of ether oxygens (including phenoxy) is 2. The summed E-state index contributed by atoms with van der Waals surface area (Å²) in [5.74, 6) is 0.335. The Labute approximate surface area is 151 Å². The van der Waals surface area contributed by atoms with Gasteiger partial charge in [0.2, 0.25) is 0 Å². The van der Waals surface area contributed by atoms with E-state index in [1.54, 1.807) is 11.8 Å². The van der Waals surface area contributed by atoms with Gasteiger partial charge in [-0.1, -0.05) is 38.8 Å². The number of carbonyl (C=O) groups is 2. The first kappa shape index (κ1) is 21.0. The molecular weight excluding hydrogens is 318 g/mol. The van der Waals surface area contributed by atoms with Crippen molar-refractivity contribution in [3.63, 3.8) is 0 Å². The molecule has 5 heteroatoms. The van der Waals surface area contributed by atoms with Gasteiger partial charge >= 0.3 is 5.97 Å². The van der Waals surface area contributed by atoms with Crippen LogP contribution in [0.25, 0.3) is 0 Å². The van der Waals surface area contributed by atoms with Crippen molar-refractivity contribution >= 4 is 11.9 Å². The van der Waals surface area contributed by atoms with Crippen LogP contribution in [0.4, 0.5) is 0 Å². The molecule has 0 radical (unpaired) electrons. The van der Waals surface area contributed by atoms with Gasteiger partial charge in [-0.2, -0.15) is 0 Å². The Bertz CT molecular complexity index is 530. The Morgan fingerprint density at radius 2 is 1.88 bits per heavy atom. The predicted molar refractivity (Wildman–Crippen MR) is 98.7 cm³/mol. The molecule has 0 fully saturated rings. The number of rotatable bonds is 12. The summed E-state index contributed by atoms with van der Waals surface area (Å²) in [5.41, 5.74) is 1.17. The van der Waals surface area contributed by atoms with Gasteiger partial charge in [-0.05, 0) is 37.5 Å². The van der Waals surface area contributed by atoms with Gasteiger partial charge in [-0.15, -0.1) is 0 Å². The molecule has 140 valence electrons. The second-order valence-corrected chi connectivity index (χ2v) is 5.93. The molecule has 1 rings (SSSR count). The Morgan fingerprint density at radius 3 is 2.56 bits per heavy atom. The highest BCUT2D eigenvalue weighted by Crippen LogP contribution is 2.14. The lowest BCUT2D eigenvalue weighted by atomic mass is 10.2. The second kappa shape index (κ2) is 12.3. The lowest BCUT2D eigenvalue weighted by Crippen LogP contribution is -2.37. The fourth-order valence-corrected chi connectivity index (χ4v) is 2.46. The van der Waals surface area contributed by atoms with Crippen LogP contribution >= 0.6 is 0 Å². The van der Waals surface area contributed by atoms with Crippen LogP contribution in [0.2, 0.25) is 0 Å². The van der Waals surface area contributed by atoms with E-state index in [0.29, 0.717) is 25.4 Å². The zero-order valence-electron chi connectivity index (χ0n) is 15.8. The fourth-order valence-electron chi connectivity index (χ4n) is 2.46. The van der Waals surface area contributed by atoms with E-state index in [1.165, 1.54) is 5.56 Å². The van der Waals surface area contributed by atoms with E-state index in [9.17, 15) is 9.59 Å². The predicted octanol–water partition coefficient (Wildman–Crippen LogP) is 3.60. The molecule has 0 aliphatic rings. The molecule has 0 aromatic heterocycles. The largest absolute Gasteiger partial charge is 0.484 e. The number of carbonyl (C=O) groups excluding carboxylic acids is 2. The summed E-state index contributed by atoms with van der Waals surface area (Å²) in [4.78, 5) is 25.7. The van der Waals surface area contributed by atoms with E-state index in [0.717, 1.165) is 25.7 Å². The zero-order chi connectivity index (χ0) is 18.5. The highest BCUT2D eigenvalue weighted by Gasteiger charge is 2.16. The minimum Gasteiger partial charge on any atom is -0.484 e. The molecule has 0 saturated carbocycles. The maximum absolute atomic E-state index is 12.5. The third-order valence-corrected chi connectivity index (χ3v) is 3.94. The van der Waals surface area contributed by atoms with Gasteiger partial charge in [0, 0.05) is 13.1 Å². The quantitative estimate of drug-likeness (QED) is 0.427. The Kier molecular flexibility index (Phi) is 10.4. The van der Waals surface area contributed by atoms with Crippen LogP contribution in [-0.4, -0.2) is 43.1 Å². The van der Waals surface area contributed by atoms with Gasteiger partial charge in [0.15, 0.2) is 6.61 Å². The fraction of sp³-hybridized carbons (Fsp3) is 0.600. The first-order valence-electron chi connectivity index (χ1n) is 9.25. The highest BCUT2D eigenvalue weighted by molar-refractivity contribution is 5.78. The molecule has 0 heterocycles. The summed E-state index contributed by atoms with van der Waals surface area (Å²) in [7, 11) is 0. The summed E-state index contributed by atoms with van der Waals surface area (Å²) in [6, 6.07) is 7.77. The molecule has 0 spiro atoms. The first-order chi connectivity index (χ1) is 12.1. The second-order valence-electron chi connectivity index (χ2n) is 5.93. The van der Waals surface area contributed by atoms with Crippen molar-refractivity contribution in [3.05, 3.63) is 29.8 Å². The monoisotopic (exact) mass is 349 g/mol. The Hall–Kier alpha value is -2.04. The topological polar surface area (TPSA) is 55.8 Å². The van der Waals surface area contributed by atoms with Crippen LogP contribution in [0.15, 0.2) is 24.3 Å². The van der Waals surface area contributed by atoms with Crippen LogP contribution in [0.1, 0.15) is 52.0 Å². The molecule has 5 nitrogen and oxygen atoms in total. The van der Waals surface area contributed by atoms with Crippen molar-refractivity contribution in [1.82, 2.24) is 4.90 Å². The van der Waals surface area contributed by atoms with Gasteiger partial charge < -0.3 is 14.4 Å². The summed E-state index contributed by atoms with van der Waals surface area (Å²) < 4.78 is 10.6. The zero-order valence-corrected chi connectivity index (χ0v) is 15.8. The summed E-state index contributed by atoms with van der Waals surface area (Å²) in [6.45, 7) is 7.34. The van der Waals surface area contributed by atoms with Crippen molar-refractivity contribution in [3.8, 4) is 5.75 Å². The van der Waals surface area contributed by atoms with E-state index in [2.05, 4.69) is 13.8 Å². The molecule has 0 aliphatic heterocycles. The van der Waals surface area contributed by atoms with E-state index < -0.39 is 0 Å². The molecule has 0 bridgehead atoms. The molecule has 1 aromatic carbocycles. The highest BCUT2D eigenvalue weighted by atomic mass is 16.5. The lowest BCUT2D eigenvalue weighted by Gasteiger charge is -2.22. The van der Waals surface area contributed by atoms with Gasteiger partial charge in [-0.3, -0.25) is 9.59 Å². The molecule has 0 saturated heterocycles. The minimum atomic E-state index is -0.271. The van der Waals surface area contributed by atoms with Crippen LogP contribution < -0.4 is 4.74 Å². The van der Waals surface area contributed by atoms with Gasteiger partial charge in [0.25, 0.3) is 5.91 Å². The van der Waals surface area contributed by atoms with Crippen LogP contribution in [0, 0.1) is 0 Å². The molecular formula is C20H31NO4. The molecule has 0 N–H and O–H groups in total. The minimum absolute atomic E-state index is 0.0118. The lowest BCUT2D eigenvalue weighted by molar-refractivity contribution is -0.144. The Morgan fingerprint density at radius 1 is 1.08 bits per heavy atom. The van der Waals surface area contributed by atoms with Crippen LogP contribution in [-0.2, 0) is 20.7 Å². The third kappa shape index (κ3) is 8.57. The van der Waals surface area contributed by atoms with Crippen molar-refractivity contribution in [2.75, 3.05) is 26.3 Å². The van der Waals surface area contributed by atoms with E-state index >= 15 is 0 Å². The van der Waals surface area contributed by atoms with Crippen LogP contribution in [0.3, 0.4) is 0 Å². The molecule has 0 atom stereocenters. The third-order valence-electron chi connectivity index (χ3n) is 3.94. The number of aryl methyl sites for hydroxylation is 1. The normalized spacial score (nSPS) is 10.4. The summed E-state index contributed by atoms with van der Waals surface area (Å²) in [6.07, 6.45) is 4.21. The van der Waals surface area contributed by atoms with Crippen LogP contribution in [0.5, 0.6) is 5.75 Å². The van der Waals surface area contributed by atoms with E-state index in [-0.39, 0.29) is 24.9 Å². The SMILES string of the molecule is CCCCCN(CCC(=O)OCC)C(=O)COc1cccc(CC)c1. The van der Waals surface area contributed by atoms with Crippen molar-refractivity contribution in [2.45, 2.75) is 52.9 Å². The molecule has 0 aliphatic carbocycles. The summed E-state index contributed by atoms with van der Waals surface area (Å²) in [5, 5.41) is 0. The Balaban J connectivity index is 2.55. The number of benzene rings is 1. The maximum Gasteiger partial charge on any atom is 0.307 e. The number of esters is 1. The molecule has 1 aromatic rings. The smallest absolute Gasteiger partial charge is 0.307 e. The molecule has 1 amide bonds. The average molecular weight is 349 g/mol. The van der Waals surface area contributed by atoms with Gasteiger partial charge in [0.05, 0.1) is 13.0 Å². The average Bonchev–Trinajstić information content (AvgIpc) is 2.63. The summed E-state index contributed by atoms with van der Waals surface area (Å²) >= 11 is 0. The first-order valence-corrected chi connectivity index (χ1v) is 9.25. The van der Waals surface area contributed by atoms with Gasteiger partial charge in [0.1, 0.15) is 5.75 Å². The number of nitrogens with zero attached hydrogens (tertiary/aromatic N) is 1. The van der Waals surface area contributed by atoms with Crippen molar-refractivity contribution < 1.29 is 19.1 Å². The number of amides is 1.